The topological polar surface area (TPSA) is 208 Å². The third-order valence-corrected chi connectivity index (χ3v) is 14.6. The average molecular weight is 808 g/mol. The first-order chi connectivity index (χ1) is 26.9. The molecule has 1 spiro atoms. The average Bonchev–Trinajstić information content (AvgIpc) is 3.68. The molecule has 5 aliphatic rings. The van der Waals surface area contributed by atoms with Gasteiger partial charge in [0.1, 0.15) is 11.4 Å². The van der Waals surface area contributed by atoms with Gasteiger partial charge < -0.3 is 46.1 Å². The molecule has 3 aliphatic heterocycles. The summed E-state index contributed by atoms with van der Waals surface area (Å²) < 4.78 is 49.2. The van der Waals surface area contributed by atoms with E-state index in [-0.39, 0.29) is 47.6 Å². The predicted molar refractivity (Wildman–Crippen MR) is 214 cm³/mol. The van der Waals surface area contributed by atoms with Crippen LogP contribution in [0, 0.1) is 26.7 Å². The molecule has 3 heterocycles. The Labute approximate surface area is 335 Å². The van der Waals surface area contributed by atoms with E-state index in [2.05, 4.69) is 27.0 Å². The van der Waals surface area contributed by atoms with Crippen LogP contribution in [0.5, 0.6) is 17.2 Å². The number of nitrogens with two attached hydrogens (primary N) is 2. The van der Waals surface area contributed by atoms with Crippen molar-refractivity contribution in [3.8, 4) is 17.2 Å². The summed E-state index contributed by atoms with van der Waals surface area (Å²) in [6.45, 7) is 12.9. The summed E-state index contributed by atoms with van der Waals surface area (Å²) in [6, 6.07) is 3.30. The number of piperidine rings is 1. The van der Waals surface area contributed by atoms with Gasteiger partial charge in [0.2, 0.25) is 11.9 Å². The number of likely N-dealkylation sites (tertiary alicyclic amines) is 1. The first kappa shape index (κ1) is 40.8. The summed E-state index contributed by atoms with van der Waals surface area (Å²) in [7, 11) is -1.97. The van der Waals surface area contributed by atoms with Crippen LogP contribution in [0.3, 0.4) is 0 Å². The first-order valence-electron chi connectivity index (χ1n) is 20.1. The number of hydrogen-bond acceptors (Lipinski definition) is 10. The Balaban J connectivity index is 0.890. The number of nitrogens with one attached hydrogen (secondary N) is 2. The van der Waals surface area contributed by atoms with Crippen molar-refractivity contribution in [2.75, 3.05) is 39.8 Å². The van der Waals surface area contributed by atoms with Gasteiger partial charge in [-0.05, 0) is 121 Å². The van der Waals surface area contributed by atoms with Crippen molar-refractivity contribution in [2.24, 2.45) is 21.8 Å². The highest BCUT2D eigenvalue weighted by Crippen LogP contribution is 2.63. The third kappa shape index (κ3) is 7.11. The number of nitrogens with zero attached hydrogens (tertiary/aromatic N) is 3. The third-order valence-electron chi connectivity index (χ3n) is 13.0. The highest BCUT2D eigenvalue weighted by atomic mass is 32.2. The minimum atomic E-state index is -4.13. The van der Waals surface area contributed by atoms with E-state index in [1.54, 1.807) is 19.9 Å². The number of amides is 2. The molecule has 1 saturated heterocycles. The molecule has 310 valence electrons. The lowest BCUT2D eigenvalue weighted by atomic mass is 9.52. The number of hydrogen-bond donors (Lipinski definition) is 4. The van der Waals surface area contributed by atoms with Crippen molar-refractivity contribution in [1.82, 2.24) is 20.4 Å². The summed E-state index contributed by atoms with van der Waals surface area (Å²) in [5, 5.41) is 5.62. The van der Waals surface area contributed by atoms with Gasteiger partial charge in [0.05, 0.1) is 10.9 Å². The van der Waals surface area contributed by atoms with Gasteiger partial charge in [0.25, 0.3) is 10.0 Å². The van der Waals surface area contributed by atoms with E-state index in [0.29, 0.717) is 66.8 Å². The number of carbonyl (C=O) groups is 3. The SMILES string of the molecule is CCN(CCNC(=O)[C@@H](N)CCCN/C(N)=N\S(=O)(=O)c1c(C)c(C)c2c(c1C)CC(C)(C)O2)C(=O)Oc1ccc2c3c1O[C@H]1C(=O)CCC4[C@@H](C2)N(C)CC[C@@]341. The number of fused-ring (bicyclic) bond motifs is 1. The van der Waals surface area contributed by atoms with Gasteiger partial charge in [0.15, 0.2) is 23.4 Å². The fourth-order valence-electron chi connectivity index (χ4n) is 10.1. The van der Waals surface area contributed by atoms with Gasteiger partial charge in [0, 0.05) is 61.6 Å². The molecule has 2 aromatic rings. The summed E-state index contributed by atoms with van der Waals surface area (Å²) in [5.74, 6) is 1.36. The van der Waals surface area contributed by atoms with Crippen molar-refractivity contribution in [3.05, 3.63) is 45.5 Å². The molecule has 2 aromatic carbocycles. The van der Waals surface area contributed by atoms with Gasteiger partial charge in [-0.2, -0.15) is 8.42 Å². The Bertz CT molecular complexity index is 2140. The molecular weight excluding hydrogens is 751 g/mol. The summed E-state index contributed by atoms with van der Waals surface area (Å²) in [5.41, 5.74) is 16.4. The number of carbonyl (C=O) groups excluding carboxylic acids is 3. The van der Waals surface area contributed by atoms with Gasteiger partial charge in [-0.25, -0.2) is 4.79 Å². The molecule has 1 unspecified atom stereocenters. The van der Waals surface area contributed by atoms with E-state index in [9.17, 15) is 22.8 Å². The molecule has 15 nitrogen and oxygen atoms in total. The lowest BCUT2D eigenvalue weighted by Crippen LogP contribution is -2.65. The van der Waals surface area contributed by atoms with Crippen LogP contribution in [0.25, 0.3) is 0 Å². The number of likely N-dealkylation sites (N-methyl/N-ethyl adjacent to an activating group) is 2. The Hall–Kier alpha value is -4.41. The molecule has 7 rings (SSSR count). The lowest BCUT2D eigenvalue weighted by molar-refractivity contribution is -0.138. The number of ketones is 1. The Morgan fingerprint density at radius 1 is 1.12 bits per heavy atom. The van der Waals surface area contributed by atoms with Crippen molar-refractivity contribution in [1.29, 1.82) is 0 Å². The van der Waals surface area contributed by atoms with Gasteiger partial charge in [-0.3, -0.25) is 9.59 Å². The number of rotatable bonds is 12. The molecule has 2 aliphatic carbocycles. The summed E-state index contributed by atoms with van der Waals surface area (Å²) >= 11 is 0. The molecule has 57 heavy (non-hydrogen) atoms. The number of ether oxygens (including phenoxy) is 3. The monoisotopic (exact) mass is 807 g/mol. The molecule has 5 atom stereocenters. The second-order valence-corrected chi connectivity index (χ2v) is 18.5. The Morgan fingerprint density at radius 2 is 1.88 bits per heavy atom. The molecule has 1 saturated carbocycles. The zero-order valence-electron chi connectivity index (χ0n) is 34.1. The van der Waals surface area contributed by atoms with Crippen LogP contribution in [0.15, 0.2) is 21.4 Å². The minimum absolute atomic E-state index is 0.117. The summed E-state index contributed by atoms with van der Waals surface area (Å²) in [6.07, 6.45) is 3.20. The Kier molecular flexibility index (Phi) is 10.8. The number of Topliss-reactive ketones (excluding diaryl/α,β-unsaturated/α-hetero) is 1. The zero-order chi connectivity index (χ0) is 41.2. The minimum Gasteiger partial charge on any atom is -0.487 e. The number of sulfonamides is 1. The first-order valence-corrected chi connectivity index (χ1v) is 21.6. The molecule has 16 heteroatoms. The largest absolute Gasteiger partial charge is 0.487 e. The molecule has 2 fully saturated rings. The van der Waals surface area contributed by atoms with Crippen LogP contribution in [0.2, 0.25) is 0 Å². The van der Waals surface area contributed by atoms with Gasteiger partial charge in [-0.1, -0.05) is 6.07 Å². The molecule has 0 radical (unpaired) electrons. The zero-order valence-corrected chi connectivity index (χ0v) is 34.9. The van der Waals surface area contributed by atoms with E-state index in [1.807, 2.05) is 33.8 Å². The van der Waals surface area contributed by atoms with Crippen LogP contribution in [-0.2, 0) is 37.9 Å². The standard InChI is InChI=1S/C41H57N7O8S/c1-8-48(39(51)54-31-14-11-25-20-29-27-12-13-30(49)36-41(27,15-18-47(29)7)32(25)34(31)55-36)19-17-44-37(50)28(42)10-9-16-45-38(43)46-57(52,53)35-23(3)22(2)33-26(24(35)4)21-40(5,6)56-33/h11,14,27-29,36H,8-10,12-13,15-21,42H2,1-7H3,(H,44,50)(H3,43,45,46)/t27?,28-,29+,36-,41-/m0/s1. The smallest absolute Gasteiger partial charge is 0.415 e. The van der Waals surface area contributed by atoms with Crippen LogP contribution in [-0.4, -0.2) is 106 Å². The molecular formula is C41H57N7O8S. The molecule has 2 amide bonds. The van der Waals surface area contributed by atoms with Crippen molar-refractivity contribution < 1.29 is 37.0 Å². The molecule has 2 bridgehead atoms. The van der Waals surface area contributed by atoms with Crippen LogP contribution in [0.4, 0.5) is 4.79 Å². The highest BCUT2D eigenvalue weighted by Gasteiger charge is 2.65. The van der Waals surface area contributed by atoms with E-state index in [4.69, 9.17) is 25.7 Å². The van der Waals surface area contributed by atoms with E-state index in [0.717, 1.165) is 53.8 Å². The fourth-order valence-corrected chi connectivity index (χ4v) is 11.5. The second kappa shape index (κ2) is 15.1. The van der Waals surface area contributed by atoms with E-state index >= 15 is 0 Å². The fraction of sp³-hybridized carbons (Fsp3) is 0.610. The van der Waals surface area contributed by atoms with Gasteiger partial charge >= 0.3 is 6.09 Å². The second-order valence-electron chi connectivity index (χ2n) is 17.0. The van der Waals surface area contributed by atoms with Crippen LogP contribution >= 0.6 is 0 Å². The maximum absolute atomic E-state index is 13.4. The van der Waals surface area contributed by atoms with Crippen LogP contribution in [0.1, 0.15) is 86.3 Å². The number of benzene rings is 2. The quantitative estimate of drug-likeness (QED) is 0.139. The molecule has 0 aromatic heterocycles. The predicted octanol–water partition coefficient (Wildman–Crippen LogP) is 2.90. The molecule has 6 N–H and O–H groups in total. The van der Waals surface area contributed by atoms with Crippen molar-refractivity contribution in [2.45, 2.75) is 121 Å². The highest BCUT2D eigenvalue weighted by molar-refractivity contribution is 7.90. The maximum atomic E-state index is 13.4. The van der Waals surface area contributed by atoms with Crippen molar-refractivity contribution >= 4 is 33.8 Å². The van der Waals surface area contributed by atoms with E-state index < -0.39 is 33.9 Å². The van der Waals surface area contributed by atoms with E-state index in [1.165, 1.54) is 4.90 Å². The summed E-state index contributed by atoms with van der Waals surface area (Å²) in [4.78, 5) is 43.5. The maximum Gasteiger partial charge on any atom is 0.415 e. The number of guanidine groups is 1. The Morgan fingerprint density at radius 3 is 2.61 bits per heavy atom. The van der Waals surface area contributed by atoms with Crippen molar-refractivity contribution in [3.63, 3.8) is 0 Å². The lowest BCUT2D eigenvalue weighted by Gasteiger charge is -2.57. The van der Waals surface area contributed by atoms with Gasteiger partial charge in [-0.15, -0.1) is 4.40 Å². The normalized spacial score (nSPS) is 24.8. The van der Waals surface area contributed by atoms with Crippen LogP contribution < -0.4 is 36.3 Å².